The highest BCUT2D eigenvalue weighted by atomic mass is 32.1. The zero-order chi connectivity index (χ0) is 14.8. The van der Waals surface area contributed by atoms with Gasteiger partial charge in [-0.2, -0.15) is 0 Å². The van der Waals surface area contributed by atoms with Crippen LogP contribution in [0.3, 0.4) is 0 Å². The molecule has 1 aromatic heterocycles. The summed E-state index contributed by atoms with van der Waals surface area (Å²) in [7, 11) is 0. The fraction of sp³-hybridized carbons (Fsp3) is 0.600. The summed E-state index contributed by atoms with van der Waals surface area (Å²) in [6.07, 6.45) is 2.01. The van der Waals surface area contributed by atoms with Crippen LogP contribution in [0.15, 0.2) is 12.1 Å². The van der Waals surface area contributed by atoms with Crippen molar-refractivity contribution in [3.8, 4) is 0 Å². The van der Waals surface area contributed by atoms with Gasteiger partial charge in [0.15, 0.2) is 0 Å². The van der Waals surface area contributed by atoms with Gasteiger partial charge in [-0.05, 0) is 38.4 Å². The number of nitrogens with zero attached hydrogens (tertiary/aromatic N) is 2. The van der Waals surface area contributed by atoms with Crippen molar-refractivity contribution in [1.82, 2.24) is 15.1 Å². The molecule has 0 radical (unpaired) electrons. The first-order valence-electron chi connectivity index (χ1n) is 7.53. The van der Waals surface area contributed by atoms with Gasteiger partial charge in [-0.3, -0.25) is 9.59 Å². The Hall–Kier alpha value is -1.40. The molecule has 2 aliphatic rings. The quantitative estimate of drug-likeness (QED) is 0.890. The summed E-state index contributed by atoms with van der Waals surface area (Å²) >= 11 is 1.54. The van der Waals surface area contributed by atoms with Crippen molar-refractivity contribution >= 4 is 23.2 Å². The molecule has 2 saturated heterocycles. The molecule has 1 atom stereocenters. The molecule has 21 heavy (non-hydrogen) atoms. The Morgan fingerprint density at radius 3 is 2.48 bits per heavy atom. The van der Waals surface area contributed by atoms with E-state index >= 15 is 0 Å². The second-order valence-corrected chi connectivity index (χ2v) is 6.96. The van der Waals surface area contributed by atoms with Gasteiger partial charge in [0.2, 0.25) is 5.91 Å². The molecule has 1 unspecified atom stereocenters. The van der Waals surface area contributed by atoms with Gasteiger partial charge in [0, 0.05) is 31.1 Å². The predicted octanol–water partition coefficient (Wildman–Crippen LogP) is 1.09. The van der Waals surface area contributed by atoms with Crippen molar-refractivity contribution < 1.29 is 9.59 Å². The van der Waals surface area contributed by atoms with Gasteiger partial charge < -0.3 is 15.1 Å². The Morgan fingerprint density at radius 1 is 1.19 bits per heavy atom. The summed E-state index contributed by atoms with van der Waals surface area (Å²) in [6.45, 7) is 5.50. The molecule has 5 nitrogen and oxygen atoms in total. The van der Waals surface area contributed by atoms with Crippen molar-refractivity contribution in [3.05, 3.63) is 21.9 Å². The number of rotatable bonds is 2. The molecule has 1 aromatic rings. The highest BCUT2D eigenvalue weighted by Gasteiger charge is 2.30. The van der Waals surface area contributed by atoms with Crippen LogP contribution < -0.4 is 5.32 Å². The van der Waals surface area contributed by atoms with Crippen molar-refractivity contribution in [2.24, 2.45) is 0 Å². The lowest BCUT2D eigenvalue weighted by atomic mass is 10.2. The highest BCUT2D eigenvalue weighted by molar-refractivity contribution is 7.13. The fourth-order valence-electron chi connectivity index (χ4n) is 2.95. The molecule has 2 fully saturated rings. The summed E-state index contributed by atoms with van der Waals surface area (Å²) < 4.78 is 0. The Morgan fingerprint density at radius 2 is 1.90 bits per heavy atom. The standard InChI is InChI=1S/C15H21N3O2S/c1-11-4-5-13(21-11)15(20)18-9-7-17(8-10-18)14(19)12-3-2-6-16-12/h4-5,12,16H,2-3,6-10H2,1H3. The molecule has 3 heterocycles. The number of carbonyl (C=O) groups excluding carboxylic acids is 2. The van der Waals surface area contributed by atoms with Crippen molar-refractivity contribution in [3.63, 3.8) is 0 Å². The Bertz CT molecular complexity index is 529. The van der Waals surface area contributed by atoms with Crippen LogP contribution in [0.4, 0.5) is 0 Å². The first kappa shape index (κ1) is 14.5. The van der Waals surface area contributed by atoms with Crippen molar-refractivity contribution in [2.45, 2.75) is 25.8 Å². The van der Waals surface area contributed by atoms with Gasteiger partial charge >= 0.3 is 0 Å². The maximum atomic E-state index is 12.4. The molecule has 0 aliphatic carbocycles. The number of piperazine rings is 1. The summed E-state index contributed by atoms with van der Waals surface area (Å²) in [5.74, 6) is 0.297. The van der Waals surface area contributed by atoms with Crippen molar-refractivity contribution in [1.29, 1.82) is 0 Å². The smallest absolute Gasteiger partial charge is 0.264 e. The lowest BCUT2D eigenvalue weighted by Crippen LogP contribution is -2.54. The molecule has 0 aromatic carbocycles. The van der Waals surface area contributed by atoms with E-state index in [4.69, 9.17) is 0 Å². The summed E-state index contributed by atoms with van der Waals surface area (Å²) in [5.41, 5.74) is 0. The van der Waals surface area contributed by atoms with E-state index in [2.05, 4.69) is 5.32 Å². The minimum absolute atomic E-state index is 0.00722. The SMILES string of the molecule is Cc1ccc(C(=O)N2CCN(C(=O)C3CCCN3)CC2)s1. The molecular weight excluding hydrogens is 286 g/mol. The molecule has 3 rings (SSSR count). The van der Waals surface area contributed by atoms with E-state index in [1.54, 1.807) is 0 Å². The van der Waals surface area contributed by atoms with Crippen LogP contribution in [0.2, 0.25) is 0 Å². The van der Waals surface area contributed by atoms with E-state index in [0.717, 1.165) is 29.1 Å². The number of amides is 2. The van der Waals surface area contributed by atoms with E-state index in [1.165, 1.54) is 11.3 Å². The molecular formula is C15H21N3O2S. The number of thiophene rings is 1. The third-order valence-electron chi connectivity index (χ3n) is 4.19. The topological polar surface area (TPSA) is 52.7 Å². The normalized spacial score (nSPS) is 22.6. The monoisotopic (exact) mass is 307 g/mol. The van der Waals surface area contributed by atoms with Crippen LogP contribution in [0.1, 0.15) is 27.4 Å². The number of hydrogen-bond acceptors (Lipinski definition) is 4. The number of aryl methyl sites for hydroxylation is 1. The van der Waals surface area contributed by atoms with E-state index in [9.17, 15) is 9.59 Å². The minimum atomic E-state index is -0.00722. The van der Waals surface area contributed by atoms with Crippen LogP contribution in [0.25, 0.3) is 0 Å². The number of carbonyl (C=O) groups is 2. The van der Waals surface area contributed by atoms with E-state index in [0.29, 0.717) is 26.2 Å². The van der Waals surface area contributed by atoms with Crippen LogP contribution in [-0.2, 0) is 4.79 Å². The third kappa shape index (κ3) is 3.11. The van der Waals surface area contributed by atoms with Crippen LogP contribution in [-0.4, -0.2) is 60.4 Å². The molecule has 1 N–H and O–H groups in total. The van der Waals surface area contributed by atoms with Gasteiger partial charge in [-0.15, -0.1) is 11.3 Å². The average Bonchev–Trinajstić information content (AvgIpc) is 3.17. The number of hydrogen-bond donors (Lipinski definition) is 1. The lowest BCUT2D eigenvalue weighted by Gasteiger charge is -2.35. The summed E-state index contributed by atoms with van der Waals surface area (Å²) in [5, 5.41) is 3.25. The largest absolute Gasteiger partial charge is 0.338 e. The fourth-order valence-corrected chi connectivity index (χ4v) is 3.79. The zero-order valence-electron chi connectivity index (χ0n) is 12.3. The Kier molecular flexibility index (Phi) is 4.26. The van der Waals surface area contributed by atoms with E-state index in [1.807, 2.05) is 28.9 Å². The Labute approximate surface area is 128 Å². The molecule has 2 aliphatic heterocycles. The molecule has 114 valence electrons. The maximum absolute atomic E-state index is 12.4. The Balaban J connectivity index is 1.55. The second-order valence-electron chi connectivity index (χ2n) is 5.68. The maximum Gasteiger partial charge on any atom is 0.264 e. The van der Waals surface area contributed by atoms with Gasteiger partial charge in [0.05, 0.1) is 10.9 Å². The molecule has 0 saturated carbocycles. The molecule has 6 heteroatoms. The van der Waals surface area contributed by atoms with Crippen LogP contribution in [0, 0.1) is 6.92 Å². The van der Waals surface area contributed by atoms with E-state index in [-0.39, 0.29) is 17.9 Å². The first-order valence-corrected chi connectivity index (χ1v) is 8.34. The first-order chi connectivity index (χ1) is 10.1. The van der Waals surface area contributed by atoms with Gasteiger partial charge in [0.25, 0.3) is 5.91 Å². The molecule has 0 spiro atoms. The lowest BCUT2D eigenvalue weighted by molar-refractivity contribution is -0.134. The van der Waals surface area contributed by atoms with Gasteiger partial charge in [-0.1, -0.05) is 0 Å². The predicted molar refractivity (Wildman–Crippen MR) is 82.6 cm³/mol. The van der Waals surface area contributed by atoms with Gasteiger partial charge in [-0.25, -0.2) is 0 Å². The number of nitrogens with one attached hydrogen (secondary N) is 1. The van der Waals surface area contributed by atoms with Crippen LogP contribution in [0.5, 0.6) is 0 Å². The highest BCUT2D eigenvalue weighted by Crippen LogP contribution is 2.18. The molecule has 0 bridgehead atoms. The third-order valence-corrected chi connectivity index (χ3v) is 5.18. The second kappa shape index (κ2) is 6.15. The summed E-state index contributed by atoms with van der Waals surface area (Å²) in [6, 6.07) is 3.86. The average molecular weight is 307 g/mol. The van der Waals surface area contributed by atoms with Gasteiger partial charge in [0.1, 0.15) is 0 Å². The summed E-state index contributed by atoms with van der Waals surface area (Å²) in [4.78, 5) is 30.4. The van der Waals surface area contributed by atoms with Crippen LogP contribution >= 0.6 is 11.3 Å². The minimum Gasteiger partial charge on any atom is -0.338 e. The van der Waals surface area contributed by atoms with Crippen molar-refractivity contribution in [2.75, 3.05) is 32.7 Å². The van der Waals surface area contributed by atoms with E-state index < -0.39 is 0 Å². The zero-order valence-corrected chi connectivity index (χ0v) is 13.1. The molecule has 2 amide bonds.